The van der Waals surface area contributed by atoms with Crippen LogP contribution in [-0.4, -0.2) is 71.0 Å². The number of fused-ring (bicyclic) bond motifs is 2. The van der Waals surface area contributed by atoms with Gasteiger partial charge in [-0.25, -0.2) is 0 Å². The van der Waals surface area contributed by atoms with Crippen LogP contribution in [0.15, 0.2) is 12.1 Å². The van der Waals surface area contributed by atoms with Gasteiger partial charge in [-0.2, -0.15) is 0 Å². The van der Waals surface area contributed by atoms with Crippen LogP contribution in [0.2, 0.25) is 0 Å². The Morgan fingerprint density at radius 1 is 1.10 bits per heavy atom. The molecule has 2 aromatic rings. The number of esters is 2. The maximum atomic E-state index is 13.5. The van der Waals surface area contributed by atoms with E-state index in [0.717, 1.165) is 0 Å². The summed E-state index contributed by atoms with van der Waals surface area (Å²) in [5.41, 5.74) is 0.431. The highest BCUT2D eigenvalue weighted by atomic mass is 16.8. The number of carbonyl (C=O) groups is 4. The second-order valence-corrected chi connectivity index (χ2v) is 10.4. The highest BCUT2D eigenvalue weighted by Crippen LogP contribution is 2.46. The van der Waals surface area contributed by atoms with Gasteiger partial charge in [-0.1, -0.05) is 0 Å². The van der Waals surface area contributed by atoms with Crippen molar-refractivity contribution in [2.75, 3.05) is 7.11 Å². The van der Waals surface area contributed by atoms with Gasteiger partial charge in [0, 0.05) is 32.4 Å². The van der Waals surface area contributed by atoms with Crippen molar-refractivity contribution in [2.45, 2.75) is 78.2 Å². The minimum atomic E-state index is -1.68. The first-order chi connectivity index (χ1) is 18.2. The number of hydrogen-bond donors (Lipinski definition) is 2. The quantitative estimate of drug-likeness (QED) is 0.407. The predicted molar refractivity (Wildman–Crippen MR) is 136 cm³/mol. The van der Waals surface area contributed by atoms with Gasteiger partial charge in [-0.15, -0.1) is 0 Å². The zero-order valence-electron chi connectivity index (χ0n) is 22.8. The molecule has 0 saturated carbocycles. The molecule has 5 atom stereocenters. The Morgan fingerprint density at radius 2 is 1.74 bits per heavy atom. The van der Waals surface area contributed by atoms with Crippen molar-refractivity contribution in [2.24, 2.45) is 5.92 Å². The van der Waals surface area contributed by atoms with E-state index in [1.54, 1.807) is 26.8 Å². The molecule has 2 N–H and O–H groups in total. The van der Waals surface area contributed by atoms with Gasteiger partial charge in [0.2, 0.25) is 0 Å². The van der Waals surface area contributed by atoms with Gasteiger partial charge < -0.3 is 33.9 Å². The number of Topliss-reactive ketones (excluding diaryl/α,β-unsaturated/α-hetero) is 2. The molecule has 4 rings (SSSR count). The number of hydrogen-bond acceptors (Lipinski definition) is 11. The fourth-order valence-corrected chi connectivity index (χ4v) is 5.49. The third-order valence-corrected chi connectivity index (χ3v) is 7.02. The molecular weight excluding hydrogens is 512 g/mol. The summed E-state index contributed by atoms with van der Waals surface area (Å²) < 4.78 is 27.6. The van der Waals surface area contributed by atoms with Crippen molar-refractivity contribution in [3.63, 3.8) is 0 Å². The molecule has 1 saturated heterocycles. The smallest absolute Gasteiger partial charge is 0.308 e. The summed E-state index contributed by atoms with van der Waals surface area (Å²) in [6.07, 6.45) is -4.46. The maximum Gasteiger partial charge on any atom is 0.308 e. The van der Waals surface area contributed by atoms with Crippen LogP contribution in [0.25, 0.3) is 10.8 Å². The summed E-state index contributed by atoms with van der Waals surface area (Å²) in [6, 6.07) is 3.05. The topological polar surface area (TPSA) is 155 Å². The Balaban J connectivity index is 1.82. The number of carbonyl (C=O) groups excluding carboxylic acids is 4. The van der Waals surface area contributed by atoms with E-state index in [9.17, 15) is 29.4 Å². The molecule has 0 aromatic heterocycles. The number of ether oxygens (including phenoxy) is 5. The lowest BCUT2D eigenvalue weighted by atomic mass is 9.75. The van der Waals surface area contributed by atoms with Gasteiger partial charge in [0.1, 0.15) is 35.6 Å². The Hall–Kier alpha value is -3.38. The lowest BCUT2D eigenvalue weighted by Crippen LogP contribution is -2.50. The van der Waals surface area contributed by atoms with Crippen LogP contribution >= 0.6 is 0 Å². The van der Waals surface area contributed by atoms with Crippen molar-refractivity contribution in [3.05, 3.63) is 28.8 Å². The maximum absolute atomic E-state index is 13.5. The first-order valence-corrected chi connectivity index (χ1v) is 12.5. The normalized spacial score (nSPS) is 24.8. The van der Waals surface area contributed by atoms with E-state index in [1.165, 1.54) is 33.9 Å². The van der Waals surface area contributed by atoms with Gasteiger partial charge in [-0.3, -0.25) is 19.2 Å². The van der Waals surface area contributed by atoms with Crippen LogP contribution in [0, 0.1) is 12.8 Å². The standard InChI is InChI=1S/C28H32O11/c1-11-18(36-13(3)29)10-16-8-15-9-17(27(35-7)24(34)26-12(2)38-28(5,6)39-26)21(31)23(33)19(15)22(32)20(16)25(11)37-14(4)30/h8,10,12,17,21,26-27,31-32H,9H2,1-7H3/t12-,17?,21+,26+,27+/m1/s1. The van der Waals surface area contributed by atoms with E-state index in [0.29, 0.717) is 10.9 Å². The summed E-state index contributed by atoms with van der Waals surface area (Å²) >= 11 is 0. The molecule has 1 fully saturated rings. The fourth-order valence-electron chi connectivity index (χ4n) is 5.49. The molecular formula is C28H32O11. The van der Waals surface area contributed by atoms with Gasteiger partial charge in [-0.05, 0) is 57.2 Å². The van der Waals surface area contributed by atoms with Crippen LogP contribution in [0.5, 0.6) is 17.2 Å². The predicted octanol–water partition coefficient (Wildman–Crippen LogP) is 2.54. The van der Waals surface area contributed by atoms with E-state index in [2.05, 4.69) is 0 Å². The summed E-state index contributed by atoms with van der Waals surface area (Å²) in [7, 11) is 1.30. The number of methoxy groups -OCH3 is 1. The Labute approximate surface area is 224 Å². The lowest BCUT2D eigenvalue weighted by molar-refractivity contribution is -0.162. The number of phenols is 1. The molecule has 2 aromatic carbocycles. The first-order valence-electron chi connectivity index (χ1n) is 12.5. The van der Waals surface area contributed by atoms with Crippen LogP contribution in [0.4, 0.5) is 0 Å². The zero-order valence-corrected chi connectivity index (χ0v) is 22.8. The molecule has 0 spiro atoms. The Kier molecular flexibility index (Phi) is 7.56. The largest absolute Gasteiger partial charge is 0.506 e. The zero-order chi connectivity index (χ0) is 29.0. The minimum Gasteiger partial charge on any atom is -0.506 e. The number of aliphatic hydroxyl groups is 1. The van der Waals surface area contributed by atoms with Crippen molar-refractivity contribution < 1.29 is 53.1 Å². The molecule has 39 heavy (non-hydrogen) atoms. The summed E-state index contributed by atoms with van der Waals surface area (Å²) in [5, 5.41) is 22.7. The average Bonchev–Trinajstić information content (AvgIpc) is 3.11. The van der Waals surface area contributed by atoms with Crippen LogP contribution < -0.4 is 9.47 Å². The third-order valence-electron chi connectivity index (χ3n) is 7.02. The van der Waals surface area contributed by atoms with E-state index in [1.807, 2.05) is 0 Å². The third kappa shape index (κ3) is 5.14. The van der Waals surface area contributed by atoms with Crippen LogP contribution in [0.1, 0.15) is 56.1 Å². The minimum absolute atomic E-state index is 0.0129. The summed E-state index contributed by atoms with van der Waals surface area (Å²) in [6.45, 7) is 8.97. The summed E-state index contributed by atoms with van der Waals surface area (Å²) in [5.74, 6) is -5.07. The molecule has 1 aliphatic carbocycles. The Morgan fingerprint density at radius 3 is 2.28 bits per heavy atom. The number of ketones is 2. The average molecular weight is 545 g/mol. The first kappa shape index (κ1) is 28.6. The van der Waals surface area contributed by atoms with E-state index in [4.69, 9.17) is 23.7 Å². The van der Waals surface area contributed by atoms with Crippen molar-refractivity contribution in [1.29, 1.82) is 0 Å². The lowest BCUT2D eigenvalue weighted by Gasteiger charge is -2.34. The molecule has 1 aliphatic heterocycles. The van der Waals surface area contributed by atoms with E-state index >= 15 is 0 Å². The van der Waals surface area contributed by atoms with Gasteiger partial charge in [0.05, 0.1) is 17.1 Å². The second-order valence-electron chi connectivity index (χ2n) is 10.4. The fraction of sp³-hybridized carbons (Fsp3) is 0.500. The number of aromatic hydroxyl groups is 1. The number of phenolic OH excluding ortho intramolecular Hbond substituents is 1. The van der Waals surface area contributed by atoms with Gasteiger partial charge in [0.25, 0.3) is 0 Å². The molecule has 11 nitrogen and oxygen atoms in total. The van der Waals surface area contributed by atoms with E-state index < -0.39 is 65.4 Å². The van der Waals surface area contributed by atoms with Crippen molar-refractivity contribution >= 4 is 34.3 Å². The van der Waals surface area contributed by atoms with Crippen molar-refractivity contribution in [1.82, 2.24) is 0 Å². The molecule has 2 aliphatic rings. The van der Waals surface area contributed by atoms with Crippen LogP contribution in [0.3, 0.4) is 0 Å². The van der Waals surface area contributed by atoms with Crippen LogP contribution in [-0.2, 0) is 35.0 Å². The monoisotopic (exact) mass is 544 g/mol. The Bertz CT molecular complexity index is 1380. The summed E-state index contributed by atoms with van der Waals surface area (Å²) in [4.78, 5) is 50.4. The number of aliphatic hydroxyl groups excluding tert-OH is 1. The molecule has 0 radical (unpaired) electrons. The molecule has 11 heteroatoms. The molecule has 1 unspecified atom stereocenters. The molecule has 1 heterocycles. The molecule has 0 bridgehead atoms. The highest BCUT2D eigenvalue weighted by molar-refractivity contribution is 6.11. The number of rotatable bonds is 6. The number of benzene rings is 2. The highest BCUT2D eigenvalue weighted by Gasteiger charge is 2.50. The second kappa shape index (κ2) is 10.3. The van der Waals surface area contributed by atoms with Gasteiger partial charge >= 0.3 is 11.9 Å². The molecule has 210 valence electrons. The molecule has 0 amide bonds. The van der Waals surface area contributed by atoms with E-state index in [-0.39, 0.29) is 34.4 Å². The van der Waals surface area contributed by atoms with Gasteiger partial charge in [0.15, 0.2) is 17.4 Å². The van der Waals surface area contributed by atoms with Crippen molar-refractivity contribution in [3.8, 4) is 17.2 Å². The SMILES string of the molecule is CO[C@H](C(=O)[C@H]1OC(C)(C)O[C@@H]1C)C1Cc2cc3cc(OC(C)=O)c(C)c(OC(C)=O)c3c(O)c2C(=O)[C@H]1O.